The Bertz CT molecular complexity index is 1290. The van der Waals surface area contributed by atoms with Crippen LogP contribution in [0, 0.1) is 0 Å². The lowest BCUT2D eigenvalue weighted by Gasteiger charge is -2.04. The molecule has 0 radical (unpaired) electrons. The fourth-order valence-electron chi connectivity index (χ4n) is 2.94. The van der Waals surface area contributed by atoms with E-state index in [0.29, 0.717) is 5.03 Å². The summed E-state index contributed by atoms with van der Waals surface area (Å²) in [5, 5.41) is 15.2. The van der Waals surface area contributed by atoms with Gasteiger partial charge in [0.1, 0.15) is 0 Å². The van der Waals surface area contributed by atoms with Crippen LogP contribution in [0.5, 0.6) is 0 Å². The number of hydrogen-bond acceptors (Lipinski definition) is 7. The number of thioether (sulfide) groups is 2. The predicted octanol–water partition coefficient (Wildman–Crippen LogP) is 6.46. The highest BCUT2D eigenvalue weighted by Gasteiger charge is 2.09. The average molecular weight is 511 g/mol. The number of benzene rings is 3. The van der Waals surface area contributed by atoms with Gasteiger partial charge in [0.25, 0.3) is 5.91 Å². The molecule has 9 heteroatoms. The molecule has 1 aromatic heterocycles. The highest BCUT2D eigenvalue weighted by molar-refractivity contribution is 8.03. The summed E-state index contributed by atoms with van der Waals surface area (Å²) in [7, 11) is 0. The van der Waals surface area contributed by atoms with Crippen LogP contribution in [0.15, 0.2) is 91.6 Å². The molecule has 0 aliphatic rings. The van der Waals surface area contributed by atoms with Gasteiger partial charge in [0.2, 0.25) is 0 Å². The minimum atomic E-state index is -0.236. The molecule has 0 saturated carbocycles. The van der Waals surface area contributed by atoms with Crippen LogP contribution in [0.25, 0.3) is 16.8 Å². The third kappa shape index (κ3) is 7.17. The summed E-state index contributed by atoms with van der Waals surface area (Å²) < 4.78 is 1.62. The number of hydrogen-bond donors (Lipinski definition) is 1. The Labute approximate surface area is 209 Å². The van der Waals surface area contributed by atoms with E-state index in [4.69, 9.17) is 11.6 Å². The van der Waals surface area contributed by atoms with Crippen LogP contribution < -0.4 is 5.43 Å². The van der Waals surface area contributed by atoms with Crippen LogP contribution in [0.2, 0.25) is 0 Å². The first-order chi connectivity index (χ1) is 16.2. The first-order valence-corrected chi connectivity index (χ1v) is 13.1. The second kappa shape index (κ2) is 12.0. The summed E-state index contributed by atoms with van der Waals surface area (Å²) in [5.74, 6) is 0.771. The van der Waals surface area contributed by atoms with Crippen LogP contribution in [-0.4, -0.2) is 28.1 Å². The molecule has 0 aliphatic carbocycles. The number of halogens is 1. The minimum absolute atomic E-state index is 0.194. The third-order valence-electron chi connectivity index (χ3n) is 4.43. The van der Waals surface area contributed by atoms with E-state index in [-0.39, 0.29) is 11.7 Å². The summed E-state index contributed by atoms with van der Waals surface area (Å²) in [5.41, 5.74) is 4.70. The van der Waals surface area contributed by atoms with Crippen molar-refractivity contribution in [1.82, 2.24) is 15.6 Å². The highest BCUT2D eigenvalue weighted by Crippen LogP contribution is 2.32. The Morgan fingerprint density at radius 2 is 1.70 bits per heavy atom. The van der Waals surface area contributed by atoms with E-state index >= 15 is 0 Å². The van der Waals surface area contributed by atoms with Gasteiger partial charge in [-0.15, -0.1) is 10.2 Å². The molecule has 3 aromatic carbocycles. The molecule has 4 aromatic rings. The van der Waals surface area contributed by atoms with E-state index < -0.39 is 0 Å². The number of carbonyl (C=O) groups is 1. The third-order valence-corrected chi connectivity index (χ3v) is 7.87. The minimum Gasteiger partial charge on any atom is -0.272 e. The number of fused-ring (bicyclic) bond motifs is 1. The molecule has 5 nitrogen and oxygen atoms in total. The van der Waals surface area contributed by atoms with Crippen molar-refractivity contribution in [3.05, 3.63) is 89.0 Å². The molecule has 4 rings (SSSR count). The van der Waals surface area contributed by atoms with Crippen molar-refractivity contribution in [1.29, 1.82) is 0 Å². The average Bonchev–Trinajstić information content (AvgIpc) is 3.30. The molecule has 1 amide bonds. The second-order valence-corrected chi connectivity index (χ2v) is 10.6. The Morgan fingerprint density at radius 3 is 2.55 bits per heavy atom. The van der Waals surface area contributed by atoms with E-state index in [1.54, 1.807) is 17.8 Å². The van der Waals surface area contributed by atoms with Gasteiger partial charge in [-0.2, -0.15) is 5.10 Å². The first kappa shape index (κ1) is 23.5. The second-order valence-electron chi connectivity index (χ2n) is 6.78. The van der Waals surface area contributed by atoms with Gasteiger partial charge in [-0.3, -0.25) is 4.79 Å². The quantitative estimate of drug-likeness (QED) is 0.159. The van der Waals surface area contributed by atoms with E-state index in [1.165, 1.54) is 45.6 Å². The summed E-state index contributed by atoms with van der Waals surface area (Å²) >= 11 is 10.6. The number of nitrogens with zero attached hydrogens (tertiary/aromatic N) is 3. The fraction of sp³-hybridized carbons (Fsp3) is 0.0833. The molecule has 0 aliphatic heterocycles. The van der Waals surface area contributed by atoms with Crippen molar-refractivity contribution in [2.75, 3.05) is 5.75 Å². The van der Waals surface area contributed by atoms with Crippen LogP contribution in [0.4, 0.5) is 0 Å². The monoisotopic (exact) mass is 510 g/mol. The SMILES string of the molecule is O=C(CSc1nnc(SCc2cccc3ccccc23)s1)N/N=C/C(Cl)=C\c1ccccc1. The predicted molar refractivity (Wildman–Crippen MR) is 141 cm³/mol. The zero-order valence-electron chi connectivity index (χ0n) is 17.3. The standard InChI is InChI=1S/C24H19ClN4OS3/c25-20(13-17-7-2-1-3-8-17)14-26-27-22(30)16-32-24-29-28-23(33-24)31-15-19-11-6-10-18-9-4-5-12-21(18)19/h1-14H,15-16H2,(H,27,30)/b20-13+,26-14+. The van der Waals surface area contributed by atoms with Crippen molar-refractivity contribution in [2.24, 2.45) is 5.10 Å². The number of nitrogens with one attached hydrogen (secondary N) is 1. The molecule has 0 unspecified atom stereocenters. The molecule has 166 valence electrons. The van der Waals surface area contributed by atoms with Crippen LogP contribution in [0.3, 0.4) is 0 Å². The van der Waals surface area contributed by atoms with Crippen LogP contribution in [-0.2, 0) is 10.5 Å². The number of aromatic nitrogens is 2. The van der Waals surface area contributed by atoms with Crippen LogP contribution in [0.1, 0.15) is 11.1 Å². The van der Waals surface area contributed by atoms with Gasteiger partial charge < -0.3 is 0 Å². The Kier molecular flexibility index (Phi) is 8.54. The maximum atomic E-state index is 12.0. The van der Waals surface area contributed by atoms with Crippen molar-refractivity contribution >= 4 is 75.4 Å². The Balaban J connectivity index is 1.23. The molecular weight excluding hydrogens is 492 g/mol. The number of rotatable bonds is 9. The maximum absolute atomic E-state index is 12.0. The molecule has 0 saturated heterocycles. The molecule has 33 heavy (non-hydrogen) atoms. The maximum Gasteiger partial charge on any atom is 0.250 e. The van der Waals surface area contributed by atoms with Gasteiger partial charge in [0, 0.05) is 5.75 Å². The van der Waals surface area contributed by atoms with E-state index in [9.17, 15) is 4.79 Å². The van der Waals surface area contributed by atoms with Crippen molar-refractivity contribution in [3.8, 4) is 0 Å². The highest BCUT2D eigenvalue weighted by atomic mass is 35.5. The molecule has 1 N–H and O–H groups in total. The molecule has 1 heterocycles. The van der Waals surface area contributed by atoms with Crippen molar-refractivity contribution in [2.45, 2.75) is 14.4 Å². The zero-order valence-corrected chi connectivity index (χ0v) is 20.6. The van der Waals surface area contributed by atoms with Crippen LogP contribution >= 0.6 is 46.5 Å². The van der Waals surface area contributed by atoms with Gasteiger partial charge in [-0.25, -0.2) is 5.43 Å². The van der Waals surface area contributed by atoms with Crippen molar-refractivity contribution in [3.63, 3.8) is 0 Å². The number of hydrazone groups is 1. The normalized spacial score (nSPS) is 11.8. The van der Waals surface area contributed by atoms with Gasteiger partial charge in [0.05, 0.1) is 17.0 Å². The van der Waals surface area contributed by atoms with Gasteiger partial charge in [-0.1, -0.05) is 119 Å². The lowest BCUT2D eigenvalue weighted by atomic mass is 10.1. The lowest BCUT2D eigenvalue weighted by molar-refractivity contribution is -0.118. The summed E-state index contributed by atoms with van der Waals surface area (Å²) in [6.45, 7) is 0. The summed E-state index contributed by atoms with van der Waals surface area (Å²) in [4.78, 5) is 12.0. The van der Waals surface area contributed by atoms with Gasteiger partial charge >= 0.3 is 0 Å². The van der Waals surface area contributed by atoms with E-state index in [2.05, 4.69) is 57.1 Å². The van der Waals surface area contributed by atoms with Gasteiger partial charge in [-0.05, 0) is 28.0 Å². The number of carbonyl (C=O) groups excluding carboxylic acids is 1. The largest absolute Gasteiger partial charge is 0.272 e. The smallest absolute Gasteiger partial charge is 0.250 e. The van der Waals surface area contributed by atoms with E-state index in [1.807, 2.05) is 36.4 Å². The molecule has 0 atom stereocenters. The molecular formula is C24H19ClN4OS3. The summed E-state index contributed by atoms with van der Waals surface area (Å²) in [6.07, 6.45) is 3.18. The topological polar surface area (TPSA) is 67.2 Å². The molecule has 0 spiro atoms. The number of allylic oxidation sites excluding steroid dienone is 1. The molecule has 0 fully saturated rings. The Hall–Kier alpha value is -2.65. The lowest BCUT2D eigenvalue weighted by Crippen LogP contribution is -2.19. The zero-order chi connectivity index (χ0) is 22.9. The van der Waals surface area contributed by atoms with Gasteiger partial charge in [0.15, 0.2) is 8.68 Å². The number of amides is 1. The Morgan fingerprint density at radius 1 is 0.970 bits per heavy atom. The summed E-state index contributed by atoms with van der Waals surface area (Å²) in [6, 6.07) is 24.3. The fourth-order valence-corrected chi connectivity index (χ4v) is 5.93. The first-order valence-electron chi connectivity index (χ1n) is 9.97. The van der Waals surface area contributed by atoms with Crippen molar-refractivity contribution < 1.29 is 4.79 Å². The van der Waals surface area contributed by atoms with E-state index in [0.717, 1.165) is 20.0 Å². The molecule has 0 bridgehead atoms.